The van der Waals surface area contributed by atoms with Gasteiger partial charge in [0.2, 0.25) is 0 Å². The van der Waals surface area contributed by atoms with Crippen LogP contribution in [0.15, 0.2) is 24.3 Å². The molecule has 0 unspecified atom stereocenters. The van der Waals surface area contributed by atoms with E-state index in [0.717, 1.165) is 5.56 Å². The summed E-state index contributed by atoms with van der Waals surface area (Å²) in [7, 11) is 0. The molecule has 1 fully saturated rings. The van der Waals surface area contributed by atoms with Crippen LogP contribution >= 0.6 is 0 Å². The van der Waals surface area contributed by atoms with Gasteiger partial charge in [0.1, 0.15) is 0 Å². The predicted octanol–water partition coefficient (Wildman–Crippen LogP) is 0.812. The first-order valence-electron chi connectivity index (χ1n) is 4.71. The van der Waals surface area contributed by atoms with Crippen molar-refractivity contribution in [2.45, 2.75) is 13.0 Å². The summed E-state index contributed by atoms with van der Waals surface area (Å²) in [6.45, 7) is 2.92. The minimum Gasteiger partial charge on any atom is -0.389 e. The van der Waals surface area contributed by atoms with Gasteiger partial charge in [-0.25, -0.2) is 0 Å². The summed E-state index contributed by atoms with van der Waals surface area (Å²) in [5, 5.41) is 9.06. The predicted molar refractivity (Wildman–Crippen MR) is 53.1 cm³/mol. The molecule has 1 aromatic carbocycles. The number of carbonyl (C=O) groups is 1. The zero-order chi connectivity index (χ0) is 10.1. The van der Waals surface area contributed by atoms with Gasteiger partial charge < -0.3 is 10.0 Å². The fraction of sp³-hybridized carbons (Fsp3) is 0.364. The number of carbonyl (C=O) groups excluding carboxylic acids is 1. The number of β-amino-alcohol motifs (C(OH)–C–C–N with tert-alkyl or cyclic N) is 1. The molecule has 0 spiro atoms. The molecule has 3 nitrogen and oxygen atoms in total. The van der Waals surface area contributed by atoms with E-state index < -0.39 is 0 Å². The van der Waals surface area contributed by atoms with Crippen LogP contribution in [0.3, 0.4) is 0 Å². The first-order chi connectivity index (χ1) is 6.66. The highest BCUT2D eigenvalue weighted by atomic mass is 16.3. The molecule has 1 aromatic rings. The number of amides is 1. The van der Waals surface area contributed by atoms with Gasteiger partial charge >= 0.3 is 0 Å². The third kappa shape index (κ3) is 1.63. The van der Waals surface area contributed by atoms with E-state index in [1.165, 1.54) is 0 Å². The molecule has 14 heavy (non-hydrogen) atoms. The van der Waals surface area contributed by atoms with Gasteiger partial charge in [-0.1, -0.05) is 17.7 Å². The van der Waals surface area contributed by atoms with Crippen molar-refractivity contribution in [3.05, 3.63) is 35.4 Å². The highest BCUT2D eigenvalue weighted by molar-refractivity contribution is 5.94. The van der Waals surface area contributed by atoms with E-state index in [0.29, 0.717) is 18.7 Å². The third-order valence-corrected chi connectivity index (χ3v) is 2.45. The van der Waals surface area contributed by atoms with E-state index in [4.69, 9.17) is 5.11 Å². The second kappa shape index (κ2) is 3.42. The molecule has 0 saturated carbocycles. The first kappa shape index (κ1) is 9.21. The van der Waals surface area contributed by atoms with Gasteiger partial charge in [0.15, 0.2) is 0 Å². The maximum Gasteiger partial charge on any atom is 0.254 e. The quantitative estimate of drug-likeness (QED) is 0.713. The fourth-order valence-electron chi connectivity index (χ4n) is 1.50. The van der Waals surface area contributed by atoms with Crippen LogP contribution in [0.5, 0.6) is 0 Å². The van der Waals surface area contributed by atoms with Crippen molar-refractivity contribution in [1.82, 2.24) is 4.90 Å². The third-order valence-electron chi connectivity index (χ3n) is 2.45. The smallest absolute Gasteiger partial charge is 0.254 e. The van der Waals surface area contributed by atoms with E-state index in [1.807, 2.05) is 31.2 Å². The van der Waals surface area contributed by atoms with Crippen molar-refractivity contribution >= 4 is 5.91 Å². The molecule has 1 aliphatic rings. The van der Waals surface area contributed by atoms with Crippen molar-refractivity contribution in [2.24, 2.45) is 0 Å². The van der Waals surface area contributed by atoms with Crippen LogP contribution in [0.4, 0.5) is 0 Å². The number of rotatable bonds is 1. The summed E-state index contributed by atoms with van der Waals surface area (Å²) in [6.07, 6.45) is -0.329. The highest BCUT2D eigenvalue weighted by Gasteiger charge is 2.29. The van der Waals surface area contributed by atoms with Gasteiger partial charge in [0.25, 0.3) is 5.91 Å². The van der Waals surface area contributed by atoms with Crippen molar-refractivity contribution in [1.29, 1.82) is 0 Å². The standard InChI is InChI=1S/C11H13NO2/c1-8-2-4-9(5-3-8)11(14)12-6-10(13)7-12/h2-5,10,13H,6-7H2,1H3. The SMILES string of the molecule is Cc1ccc(C(=O)N2CC(O)C2)cc1. The van der Waals surface area contributed by atoms with E-state index in [9.17, 15) is 4.79 Å². The Morgan fingerprint density at radius 1 is 1.36 bits per heavy atom. The lowest BCUT2D eigenvalue weighted by molar-refractivity contribution is 0.00589. The molecule has 3 heteroatoms. The van der Waals surface area contributed by atoms with Crippen molar-refractivity contribution in [3.63, 3.8) is 0 Å². The minimum atomic E-state index is -0.329. The van der Waals surface area contributed by atoms with Gasteiger partial charge in [-0.2, -0.15) is 0 Å². The second-order valence-electron chi connectivity index (χ2n) is 3.73. The molecule has 74 valence electrons. The van der Waals surface area contributed by atoms with Crippen LogP contribution < -0.4 is 0 Å². The number of nitrogens with zero attached hydrogens (tertiary/aromatic N) is 1. The lowest BCUT2D eigenvalue weighted by Gasteiger charge is -2.35. The largest absolute Gasteiger partial charge is 0.389 e. The second-order valence-corrected chi connectivity index (χ2v) is 3.73. The molecule has 1 amide bonds. The number of aryl methyl sites for hydroxylation is 1. The number of likely N-dealkylation sites (tertiary alicyclic amines) is 1. The van der Waals surface area contributed by atoms with E-state index in [-0.39, 0.29) is 12.0 Å². The Labute approximate surface area is 83.0 Å². The Morgan fingerprint density at radius 3 is 2.43 bits per heavy atom. The van der Waals surface area contributed by atoms with Crippen LogP contribution in [0, 0.1) is 6.92 Å². The van der Waals surface area contributed by atoms with Crippen LogP contribution in [0.2, 0.25) is 0 Å². The monoisotopic (exact) mass is 191 g/mol. The maximum absolute atomic E-state index is 11.7. The fourth-order valence-corrected chi connectivity index (χ4v) is 1.50. The van der Waals surface area contributed by atoms with Crippen LogP contribution in [-0.4, -0.2) is 35.1 Å². The van der Waals surface area contributed by atoms with Gasteiger partial charge in [-0.15, -0.1) is 0 Å². The zero-order valence-corrected chi connectivity index (χ0v) is 8.10. The van der Waals surface area contributed by atoms with E-state index in [1.54, 1.807) is 4.90 Å². The highest BCUT2D eigenvalue weighted by Crippen LogP contribution is 2.13. The summed E-state index contributed by atoms with van der Waals surface area (Å²) in [6, 6.07) is 7.48. The number of hydrogen-bond donors (Lipinski definition) is 1. The molecule has 2 rings (SSSR count). The molecular formula is C11H13NO2. The Morgan fingerprint density at radius 2 is 1.93 bits per heavy atom. The first-order valence-corrected chi connectivity index (χ1v) is 4.71. The zero-order valence-electron chi connectivity index (χ0n) is 8.10. The summed E-state index contributed by atoms with van der Waals surface area (Å²) >= 11 is 0. The van der Waals surface area contributed by atoms with Crippen molar-refractivity contribution < 1.29 is 9.90 Å². The molecule has 0 aliphatic carbocycles. The van der Waals surface area contributed by atoms with Crippen molar-refractivity contribution in [2.75, 3.05) is 13.1 Å². The molecule has 1 saturated heterocycles. The Kier molecular flexibility index (Phi) is 2.25. The maximum atomic E-state index is 11.7. The Balaban J connectivity index is 2.08. The van der Waals surface area contributed by atoms with Crippen LogP contribution in [-0.2, 0) is 0 Å². The van der Waals surface area contributed by atoms with Gasteiger partial charge in [-0.05, 0) is 19.1 Å². The molecule has 1 aliphatic heterocycles. The molecule has 0 bridgehead atoms. The Bertz CT molecular complexity index is 339. The van der Waals surface area contributed by atoms with Crippen LogP contribution in [0.1, 0.15) is 15.9 Å². The molecule has 1 N–H and O–H groups in total. The number of aliphatic hydroxyl groups is 1. The van der Waals surface area contributed by atoms with E-state index >= 15 is 0 Å². The number of hydrogen-bond acceptors (Lipinski definition) is 2. The topological polar surface area (TPSA) is 40.5 Å². The van der Waals surface area contributed by atoms with Gasteiger partial charge in [0.05, 0.1) is 6.10 Å². The molecular weight excluding hydrogens is 178 g/mol. The lowest BCUT2D eigenvalue weighted by Crippen LogP contribution is -2.53. The van der Waals surface area contributed by atoms with Gasteiger partial charge in [-0.3, -0.25) is 4.79 Å². The summed E-state index contributed by atoms with van der Waals surface area (Å²) in [4.78, 5) is 13.3. The molecule has 0 radical (unpaired) electrons. The molecule has 0 atom stereocenters. The lowest BCUT2D eigenvalue weighted by atomic mass is 10.1. The molecule has 1 heterocycles. The van der Waals surface area contributed by atoms with Gasteiger partial charge in [0, 0.05) is 18.7 Å². The molecule has 0 aromatic heterocycles. The summed E-state index contributed by atoms with van der Waals surface area (Å²) in [5.41, 5.74) is 1.84. The van der Waals surface area contributed by atoms with Crippen molar-refractivity contribution in [3.8, 4) is 0 Å². The number of aliphatic hydroxyl groups excluding tert-OH is 1. The van der Waals surface area contributed by atoms with Crippen LogP contribution in [0.25, 0.3) is 0 Å². The average Bonchev–Trinajstić information content (AvgIpc) is 2.13. The summed E-state index contributed by atoms with van der Waals surface area (Å²) in [5.74, 6) is 0.00954. The average molecular weight is 191 g/mol. The minimum absolute atomic E-state index is 0.00954. The summed E-state index contributed by atoms with van der Waals surface area (Å²) < 4.78 is 0. The normalized spacial score (nSPS) is 16.6. The Hall–Kier alpha value is -1.35. The number of benzene rings is 1. The van der Waals surface area contributed by atoms with E-state index in [2.05, 4.69) is 0 Å².